The van der Waals surface area contributed by atoms with Gasteiger partial charge in [0.25, 0.3) is 0 Å². The number of rotatable bonds is 5. The number of nitrogens with one attached hydrogen (secondary N) is 2. The maximum Gasteiger partial charge on any atom is 0.191 e. The van der Waals surface area contributed by atoms with Crippen molar-refractivity contribution in [3.8, 4) is 0 Å². The molecule has 2 heterocycles. The van der Waals surface area contributed by atoms with E-state index in [0.29, 0.717) is 6.04 Å². The largest absolute Gasteiger partial charge is 0.371 e. The van der Waals surface area contributed by atoms with Gasteiger partial charge >= 0.3 is 0 Å². The highest BCUT2D eigenvalue weighted by molar-refractivity contribution is 7.09. The molecule has 1 aliphatic heterocycles. The van der Waals surface area contributed by atoms with E-state index < -0.39 is 0 Å². The molecule has 1 aromatic heterocycles. The molecule has 0 bridgehead atoms. The number of aromatic nitrogens is 1. The number of thiazole rings is 1. The second kappa shape index (κ2) is 9.57. The van der Waals surface area contributed by atoms with Crippen molar-refractivity contribution in [1.82, 2.24) is 15.6 Å². The number of hydrogen-bond donors (Lipinski definition) is 2. The van der Waals surface area contributed by atoms with Crippen molar-refractivity contribution in [2.75, 3.05) is 31.6 Å². The van der Waals surface area contributed by atoms with E-state index in [4.69, 9.17) is 4.98 Å². The first-order valence-electron chi connectivity index (χ1n) is 10.3. The molecule has 0 unspecified atom stereocenters. The van der Waals surface area contributed by atoms with Crippen LogP contribution in [0.3, 0.4) is 0 Å². The monoisotopic (exact) mass is 417 g/mol. The molecule has 3 rings (SSSR count). The van der Waals surface area contributed by atoms with Gasteiger partial charge in [-0.2, -0.15) is 0 Å². The highest BCUT2D eigenvalue weighted by atomic mass is 32.1. The van der Waals surface area contributed by atoms with Gasteiger partial charge in [-0.15, -0.1) is 11.3 Å². The van der Waals surface area contributed by atoms with Crippen molar-refractivity contribution in [3.63, 3.8) is 0 Å². The maximum absolute atomic E-state index is 13.5. The second-order valence-corrected chi connectivity index (χ2v) is 9.45. The summed E-state index contributed by atoms with van der Waals surface area (Å²) >= 11 is 1.73. The summed E-state index contributed by atoms with van der Waals surface area (Å²) < 4.78 is 13.5. The molecule has 2 aromatic rings. The first-order valence-corrected chi connectivity index (χ1v) is 11.2. The molecule has 2 N–H and O–H groups in total. The van der Waals surface area contributed by atoms with Crippen LogP contribution in [-0.2, 0) is 11.8 Å². The summed E-state index contributed by atoms with van der Waals surface area (Å²) in [6.45, 7) is 9.19. The summed E-state index contributed by atoms with van der Waals surface area (Å²) in [4.78, 5) is 11.4. The van der Waals surface area contributed by atoms with Crippen LogP contribution in [0.4, 0.5) is 10.1 Å². The van der Waals surface area contributed by atoms with E-state index in [1.165, 1.54) is 6.07 Å². The molecule has 7 heteroatoms. The van der Waals surface area contributed by atoms with E-state index in [1.807, 2.05) is 6.07 Å². The summed E-state index contributed by atoms with van der Waals surface area (Å²) in [5.41, 5.74) is 2.22. The number of hydrogen-bond acceptors (Lipinski definition) is 4. The fourth-order valence-corrected chi connectivity index (χ4v) is 4.43. The molecule has 1 fully saturated rings. The number of aliphatic imine (C=N–C) groups is 1. The van der Waals surface area contributed by atoms with Crippen LogP contribution in [0.25, 0.3) is 0 Å². The van der Waals surface area contributed by atoms with Crippen LogP contribution in [0.1, 0.15) is 44.3 Å². The number of halogens is 1. The highest BCUT2D eigenvalue weighted by Crippen LogP contribution is 2.24. The van der Waals surface area contributed by atoms with Gasteiger partial charge in [-0.05, 0) is 31.0 Å². The second-order valence-electron chi connectivity index (χ2n) is 8.51. The van der Waals surface area contributed by atoms with Gasteiger partial charge in [0.2, 0.25) is 0 Å². The number of piperidine rings is 1. The summed E-state index contributed by atoms with van der Waals surface area (Å²) in [7, 11) is 1.80. The van der Waals surface area contributed by atoms with Gasteiger partial charge in [-0.25, -0.2) is 9.37 Å². The van der Waals surface area contributed by atoms with Gasteiger partial charge in [0.05, 0.1) is 10.7 Å². The summed E-state index contributed by atoms with van der Waals surface area (Å²) in [5, 5.41) is 10.2. The lowest BCUT2D eigenvalue weighted by Gasteiger charge is -2.34. The minimum atomic E-state index is -0.179. The smallest absolute Gasteiger partial charge is 0.191 e. The Morgan fingerprint density at radius 3 is 2.69 bits per heavy atom. The zero-order chi connectivity index (χ0) is 20.9. The van der Waals surface area contributed by atoms with Gasteiger partial charge in [-0.1, -0.05) is 26.8 Å². The molecule has 29 heavy (non-hydrogen) atoms. The van der Waals surface area contributed by atoms with Crippen molar-refractivity contribution >= 4 is 23.0 Å². The minimum absolute atomic E-state index is 0.0974. The average Bonchev–Trinajstić information content (AvgIpc) is 3.17. The molecule has 158 valence electrons. The lowest BCUT2D eigenvalue weighted by Crippen LogP contribution is -2.49. The molecule has 0 radical (unpaired) electrons. The Hall–Kier alpha value is -2.15. The first kappa shape index (κ1) is 21.6. The van der Waals surface area contributed by atoms with Crippen LogP contribution >= 0.6 is 11.3 Å². The third-order valence-electron chi connectivity index (χ3n) is 5.18. The number of anilines is 1. The Kier molecular flexibility index (Phi) is 7.11. The predicted molar refractivity (Wildman–Crippen MR) is 121 cm³/mol. The molecular weight excluding hydrogens is 385 g/mol. The third-order valence-corrected chi connectivity index (χ3v) is 6.09. The number of nitrogens with zero attached hydrogens (tertiary/aromatic N) is 3. The predicted octanol–water partition coefficient (Wildman–Crippen LogP) is 3.96. The van der Waals surface area contributed by atoms with Crippen molar-refractivity contribution in [3.05, 3.63) is 46.2 Å². The van der Waals surface area contributed by atoms with Crippen LogP contribution in [-0.4, -0.2) is 43.7 Å². The quantitative estimate of drug-likeness (QED) is 0.571. The Morgan fingerprint density at radius 2 is 2.07 bits per heavy atom. The normalized spacial score (nSPS) is 16.2. The molecule has 0 amide bonds. The molecule has 0 atom stereocenters. The Morgan fingerprint density at radius 1 is 1.31 bits per heavy atom. The summed E-state index contributed by atoms with van der Waals surface area (Å²) in [6, 6.07) is 7.22. The van der Waals surface area contributed by atoms with Gasteiger partial charge in [0.1, 0.15) is 5.82 Å². The van der Waals surface area contributed by atoms with Crippen LogP contribution in [0.5, 0.6) is 0 Å². The fraction of sp³-hybridized carbons (Fsp3) is 0.545. The van der Waals surface area contributed by atoms with Crippen molar-refractivity contribution in [2.24, 2.45) is 4.99 Å². The fourth-order valence-electron chi connectivity index (χ4n) is 3.40. The average molecular weight is 418 g/mol. The highest BCUT2D eigenvalue weighted by Gasteiger charge is 2.21. The van der Waals surface area contributed by atoms with E-state index in [-0.39, 0.29) is 11.2 Å². The first-order chi connectivity index (χ1) is 13.8. The van der Waals surface area contributed by atoms with Crippen LogP contribution in [0, 0.1) is 5.82 Å². The SMILES string of the molecule is CN=C(NCCc1nc(C(C)(C)C)cs1)NC1CCN(c2cccc(F)c2)CC1. The molecule has 5 nitrogen and oxygen atoms in total. The van der Waals surface area contributed by atoms with Crippen LogP contribution in [0.15, 0.2) is 34.6 Å². The summed E-state index contributed by atoms with van der Waals surface area (Å²) in [6.07, 6.45) is 2.89. The molecule has 0 aliphatic carbocycles. The van der Waals surface area contributed by atoms with Gasteiger partial charge in [0, 0.05) is 55.6 Å². The van der Waals surface area contributed by atoms with Gasteiger partial charge in [0.15, 0.2) is 5.96 Å². The molecule has 0 saturated carbocycles. The van der Waals surface area contributed by atoms with Gasteiger partial charge in [-0.3, -0.25) is 4.99 Å². The standard InChI is InChI=1S/C22H32FN5S/c1-22(2,3)19-15-29-20(27-19)8-11-25-21(24-4)26-17-9-12-28(13-10-17)18-7-5-6-16(23)14-18/h5-7,14-15,17H,8-13H2,1-4H3,(H2,24,25,26). The number of benzene rings is 1. The molecular formula is C22H32FN5S. The Balaban J connectivity index is 1.42. The lowest BCUT2D eigenvalue weighted by molar-refractivity contribution is 0.461. The molecule has 1 aromatic carbocycles. The van der Waals surface area contributed by atoms with E-state index in [2.05, 4.69) is 46.7 Å². The van der Waals surface area contributed by atoms with E-state index in [1.54, 1.807) is 30.5 Å². The zero-order valence-corrected chi connectivity index (χ0v) is 18.7. The van der Waals surface area contributed by atoms with Crippen LogP contribution < -0.4 is 15.5 Å². The molecule has 1 saturated heterocycles. The Labute approximate surface area is 177 Å². The minimum Gasteiger partial charge on any atom is -0.371 e. The van der Waals surface area contributed by atoms with E-state index in [0.717, 1.165) is 61.2 Å². The topological polar surface area (TPSA) is 52.6 Å². The van der Waals surface area contributed by atoms with E-state index >= 15 is 0 Å². The zero-order valence-electron chi connectivity index (χ0n) is 17.8. The van der Waals surface area contributed by atoms with Crippen LogP contribution in [0.2, 0.25) is 0 Å². The van der Waals surface area contributed by atoms with Crippen molar-refractivity contribution < 1.29 is 4.39 Å². The van der Waals surface area contributed by atoms with Crippen molar-refractivity contribution in [1.29, 1.82) is 0 Å². The Bertz CT molecular complexity index is 819. The molecule has 0 spiro atoms. The summed E-state index contributed by atoms with van der Waals surface area (Å²) in [5.74, 6) is 0.656. The third kappa shape index (κ3) is 6.16. The molecule has 1 aliphatic rings. The maximum atomic E-state index is 13.5. The van der Waals surface area contributed by atoms with Crippen molar-refractivity contribution in [2.45, 2.75) is 51.5 Å². The van der Waals surface area contributed by atoms with E-state index in [9.17, 15) is 4.39 Å². The lowest BCUT2D eigenvalue weighted by atomic mass is 9.93. The number of guanidine groups is 1. The van der Waals surface area contributed by atoms with Gasteiger partial charge < -0.3 is 15.5 Å².